The second kappa shape index (κ2) is 9.98. The predicted octanol–water partition coefficient (Wildman–Crippen LogP) is 5.47. The largest absolute Gasteiger partial charge is 0.364 e. The fourth-order valence-corrected chi connectivity index (χ4v) is 5.62. The molecule has 6 heteroatoms. The van der Waals surface area contributed by atoms with E-state index in [4.69, 9.17) is 9.97 Å². The van der Waals surface area contributed by atoms with E-state index in [9.17, 15) is 4.79 Å². The molecule has 1 fully saturated rings. The molecule has 0 radical (unpaired) electrons. The standard InChI is InChI=1S/C32H29N5O/c1-2-30(38)36-20-18-27(23-36)34-29-22-33-31-28(35-29)19-21-37(31)32(24-12-6-3-7-13-24,25-14-8-4-9-15-25)26-16-10-5-11-17-26/h2-17,19,21-22,27H,1,18,20,23H2,(H,34,35). The van der Waals surface area contributed by atoms with E-state index in [0.29, 0.717) is 18.9 Å². The number of amides is 1. The van der Waals surface area contributed by atoms with Crippen molar-refractivity contribution in [3.05, 3.63) is 139 Å². The van der Waals surface area contributed by atoms with Gasteiger partial charge in [-0.05, 0) is 35.3 Å². The van der Waals surface area contributed by atoms with Crippen LogP contribution in [0.25, 0.3) is 11.2 Å². The molecule has 5 aromatic rings. The van der Waals surface area contributed by atoms with Crippen LogP contribution in [0.5, 0.6) is 0 Å². The molecule has 188 valence electrons. The first-order chi connectivity index (χ1) is 18.7. The van der Waals surface area contributed by atoms with Crippen molar-refractivity contribution in [2.75, 3.05) is 18.4 Å². The molecular formula is C32H29N5O. The molecule has 3 aromatic carbocycles. The molecule has 0 aliphatic carbocycles. The van der Waals surface area contributed by atoms with Crippen LogP contribution in [-0.4, -0.2) is 44.5 Å². The first-order valence-corrected chi connectivity index (χ1v) is 12.9. The number of carbonyl (C=O) groups is 1. The van der Waals surface area contributed by atoms with Gasteiger partial charge < -0.3 is 14.8 Å². The van der Waals surface area contributed by atoms with Crippen LogP contribution in [0, 0.1) is 0 Å². The van der Waals surface area contributed by atoms with Gasteiger partial charge in [0.05, 0.1) is 6.20 Å². The number of aromatic nitrogens is 3. The van der Waals surface area contributed by atoms with E-state index < -0.39 is 5.54 Å². The number of nitrogens with zero attached hydrogens (tertiary/aromatic N) is 4. The summed E-state index contributed by atoms with van der Waals surface area (Å²) in [6.07, 6.45) is 6.11. The topological polar surface area (TPSA) is 63.1 Å². The van der Waals surface area contributed by atoms with Crippen molar-refractivity contribution in [2.24, 2.45) is 0 Å². The predicted molar refractivity (Wildman–Crippen MR) is 151 cm³/mol. The van der Waals surface area contributed by atoms with Gasteiger partial charge in [0.15, 0.2) is 5.65 Å². The minimum atomic E-state index is -0.647. The zero-order valence-corrected chi connectivity index (χ0v) is 21.1. The van der Waals surface area contributed by atoms with E-state index in [2.05, 4.69) is 95.5 Å². The maximum Gasteiger partial charge on any atom is 0.246 e. The average molecular weight is 500 g/mol. The highest BCUT2D eigenvalue weighted by molar-refractivity contribution is 5.87. The van der Waals surface area contributed by atoms with Gasteiger partial charge in [0, 0.05) is 25.3 Å². The Morgan fingerprint density at radius 2 is 1.47 bits per heavy atom. The molecule has 1 amide bonds. The monoisotopic (exact) mass is 499 g/mol. The van der Waals surface area contributed by atoms with E-state index in [1.165, 1.54) is 6.08 Å². The van der Waals surface area contributed by atoms with Crippen molar-refractivity contribution in [2.45, 2.75) is 18.0 Å². The third-order valence-corrected chi connectivity index (χ3v) is 7.35. The van der Waals surface area contributed by atoms with Crippen molar-refractivity contribution in [1.29, 1.82) is 0 Å². The third kappa shape index (κ3) is 4.04. The highest BCUT2D eigenvalue weighted by Gasteiger charge is 2.39. The molecule has 1 N–H and O–H groups in total. The highest BCUT2D eigenvalue weighted by atomic mass is 16.2. The Balaban J connectivity index is 1.47. The van der Waals surface area contributed by atoms with E-state index in [1.807, 2.05) is 24.3 Å². The summed E-state index contributed by atoms with van der Waals surface area (Å²) < 4.78 is 2.24. The second-order valence-corrected chi connectivity index (χ2v) is 9.58. The molecule has 0 spiro atoms. The Bertz CT molecular complexity index is 1470. The molecule has 1 aliphatic rings. The first-order valence-electron chi connectivity index (χ1n) is 12.9. The summed E-state index contributed by atoms with van der Waals surface area (Å²) >= 11 is 0. The molecule has 3 heterocycles. The van der Waals surface area contributed by atoms with Crippen LogP contribution in [0.2, 0.25) is 0 Å². The van der Waals surface area contributed by atoms with E-state index in [-0.39, 0.29) is 11.9 Å². The van der Waals surface area contributed by atoms with Gasteiger partial charge in [-0.15, -0.1) is 0 Å². The number of hydrogen-bond acceptors (Lipinski definition) is 4. The number of benzene rings is 3. The van der Waals surface area contributed by atoms with E-state index >= 15 is 0 Å². The van der Waals surface area contributed by atoms with Gasteiger partial charge in [-0.25, -0.2) is 9.97 Å². The maximum atomic E-state index is 12.0. The molecular weight excluding hydrogens is 470 g/mol. The maximum absolute atomic E-state index is 12.0. The van der Waals surface area contributed by atoms with Crippen molar-refractivity contribution >= 4 is 22.9 Å². The van der Waals surface area contributed by atoms with Crippen molar-refractivity contribution in [3.8, 4) is 0 Å². The van der Waals surface area contributed by atoms with E-state index in [1.54, 1.807) is 11.1 Å². The van der Waals surface area contributed by atoms with Crippen molar-refractivity contribution in [1.82, 2.24) is 19.4 Å². The molecule has 2 aromatic heterocycles. The average Bonchev–Trinajstić information content (AvgIpc) is 3.62. The number of carbonyl (C=O) groups excluding carboxylic acids is 1. The lowest BCUT2D eigenvalue weighted by Crippen LogP contribution is -2.37. The lowest BCUT2D eigenvalue weighted by atomic mass is 9.76. The molecule has 1 atom stereocenters. The molecule has 6 rings (SSSR count). The van der Waals surface area contributed by atoms with Gasteiger partial charge in [0.1, 0.15) is 16.9 Å². The zero-order valence-electron chi connectivity index (χ0n) is 21.1. The summed E-state index contributed by atoms with van der Waals surface area (Å²) in [6, 6.07) is 33.8. The number of likely N-dealkylation sites (tertiary alicyclic amines) is 1. The normalized spacial score (nSPS) is 15.5. The first kappa shape index (κ1) is 23.7. The number of nitrogens with one attached hydrogen (secondary N) is 1. The summed E-state index contributed by atoms with van der Waals surface area (Å²) in [4.78, 5) is 23.7. The van der Waals surface area contributed by atoms with Gasteiger partial charge in [-0.2, -0.15) is 0 Å². The van der Waals surface area contributed by atoms with Gasteiger partial charge in [-0.3, -0.25) is 4.79 Å². The highest BCUT2D eigenvalue weighted by Crippen LogP contribution is 2.42. The van der Waals surface area contributed by atoms with Gasteiger partial charge >= 0.3 is 0 Å². The minimum Gasteiger partial charge on any atom is -0.364 e. The van der Waals surface area contributed by atoms with Gasteiger partial charge in [-0.1, -0.05) is 97.6 Å². The summed E-state index contributed by atoms with van der Waals surface area (Å²) in [5.41, 5.74) is 4.36. The van der Waals surface area contributed by atoms with Crippen LogP contribution in [-0.2, 0) is 10.3 Å². The smallest absolute Gasteiger partial charge is 0.246 e. The third-order valence-electron chi connectivity index (χ3n) is 7.35. The second-order valence-electron chi connectivity index (χ2n) is 9.58. The Morgan fingerprint density at radius 3 is 2.03 bits per heavy atom. The minimum absolute atomic E-state index is 0.0352. The molecule has 0 saturated carbocycles. The Kier molecular flexibility index (Phi) is 6.22. The number of fused-ring (bicyclic) bond motifs is 1. The lowest BCUT2D eigenvalue weighted by Gasteiger charge is -2.38. The summed E-state index contributed by atoms with van der Waals surface area (Å²) in [5.74, 6) is 0.671. The molecule has 6 nitrogen and oxygen atoms in total. The van der Waals surface area contributed by atoms with Crippen molar-refractivity contribution < 1.29 is 4.79 Å². The number of hydrogen-bond donors (Lipinski definition) is 1. The van der Waals surface area contributed by atoms with Gasteiger partial charge in [0.2, 0.25) is 5.91 Å². The molecule has 1 aliphatic heterocycles. The quantitative estimate of drug-likeness (QED) is 0.238. The fraction of sp³-hybridized carbons (Fsp3) is 0.156. The summed E-state index contributed by atoms with van der Waals surface area (Å²) in [6.45, 7) is 4.94. The van der Waals surface area contributed by atoms with Crippen LogP contribution in [0.15, 0.2) is 122 Å². The van der Waals surface area contributed by atoms with Crippen LogP contribution < -0.4 is 5.32 Å². The van der Waals surface area contributed by atoms with Crippen LogP contribution in [0.1, 0.15) is 23.1 Å². The van der Waals surface area contributed by atoms with Crippen molar-refractivity contribution in [3.63, 3.8) is 0 Å². The Hall–Kier alpha value is -4.71. The van der Waals surface area contributed by atoms with Crippen LogP contribution >= 0.6 is 0 Å². The summed E-state index contributed by atoms with van der Waals surface area (Å²) in [7, 11) is 0. The molecule has 0 bridgehead atoms. The summed E-state index contributed by atoms with van der Waals surface area (Å²) in [5, 5.41) is 3.47. The lowest BCUT2D eigenvalue weighted by molar-refractivity contribution is -0.125. The Morgan fingerprint density at radius 1 is 0.895 bits per heavy atom. The van der Waals surface area contributed by atoms with Gasteiger partial charge in [0.25, 0.3) is 0 Å². The Labute approximate surface area is 222 Å². The van der Waals surface area contributed by atoms with Crippen LogP contribution in [0.3, 0.4) is 0 Å². The molecule has 1 saturated heterocycles. The number of rotatable bonds is 7. The molecule has 1 unspecified atom stereocenters. The number of anilines is 1. The SMILES string of the molecule is C=CC(=O)N1CCC(Nc2cnc3c(ccn3C(c3ccccc3)(c3ccccc3)c3ccccc3)n2)C1. The zero-order chi connectivity index (χ0) is 26.0. The van der Waals surface area contributed by atoms with E-state index in [0.717, 1.165) is 34.3 Å². The molecule has 38 heavy (non-hydrogen) atoms. The fourth-order valence-electron chi connectivity index (χ4n) is 5.62. The van der Waals surface area contributed by atoms with Crippen LogP contribution in [0.4, 0.5) is 5.82 Å².